The maximum atomic E-state index is 6.61. The highest BCUT2D eigenvalue weighted by Crippen LogP contribution is 2.56. The molecule has 2 rings (SSSR count). The molecular formula is C14H21Cl2P3. The predicted molar refractivity (Wildman–Crippen MR) is 97.0 cm³/mol. The second-order valence-corrected chi connectivity index (χ2v) is 14.1. The zero-order valence-corrected chi connectivity index (χ0v) is 15.5. The van der Waals surface area contributed by atoms with Gasteiger partial charge < -0.3 is 0 Å². The SMILES string of the molecule is CC1CP(c2ccccc2)CCCP(Cl)CCP1Cl. The van der Waals surface area contributed by atoms with Crippen LogP contribution in [0.15, 0.2) is 30.3 Å². The third-order valence-electron chi connectivity index (χ3n) is 3.47. The average molecular weight is 353 g/mol. The molecular weight excluding hydrogens is 332 g/mol. The van der Waals surface area contributed by atoms with Crippen LogP contribution in [0, 0.1) is 0 Å². The largest absolute Gasteiger partial charge is 0.0964 e. The van der Waals surface area contributed by atoms with Gasteiger partial charge in [-0.2, -0.15) is 0 Å². The minimum Gasteiger partial charge on any atom is -0.0964 e. The van der Waals surface area contributed by atoms with Gasteiger partial charge in [0.15, 0.2) is 0 Å². The zero-order valence-electron chi connectivity index (χ0n) is 11.3. The fourth-order valence-corrected chi connectivity index (χ4v) is 11.4. The van der Waals surface area contributed by atoms with Crippen LogP contribution in [0.4, 0.5) is 0 Å². The van der Waals surface area contributed by atoms with Gasteiger partial charge in [0.05, 0.1) is 0 Å². The van der Waals surface area contributed by atoms with E-state index in [0.29, 0.717) is 5.66 Å². The molecule has 0 aromatic heterocycles. The standard InChI is InChI=1S/C14H21Cl2P3/c1-13-12-17(14-6-3-2-4-7-14)8-5-9-18(15)10-11-19(13)16/h2-4,6-7,13H,5,8-12H2,1H3. The lowest BCUT2D eigenvalue weighted by Gasteiger charge is -2.27. The van der Waals surface area contributed by atoms with E-state index < -0.39 is 0 Å². The van der Waals surface area contributed by atoms with Crippen molar-refractivity contribution in [3.63, 3.8) is 0 Å². The molecule has 5 heteroatoms. The van der Waals surface area contributed by atoms with Crippen molar-refractivity contribution >= 4 is 50.3 Å². The number of hydrogen-bond acceptors (Lipinski definition) is 0. The summed E-state index contributed by atoms with van der Waals surface area (Å²) in [5, 5.41) is 1.55. The molecule has 0 N–H and O–H groups in total. The van der Waals surface area contributed by atoms with Crippen molar-refractivity contribution in [2.45, 2.75) is 19.0 Å². The Kier molecular flexibility index (Phi) is 7.37. The second kappa shape index (κ2) is 8.51. The lowest BCUT2D eigenvalue weighted by atomic mass is 10.4. The highest BCUT2D eigenvalue weighted by molar-refractivity contribution is 7.87. The molecule has 0 aliphatic carbocycles. The molecule has 1 heterocycles. The summed E-state index contributed by atoms with van der Waals surface area (Å²) >= 11 is 13.1. The van der Waals surface area contributed by atoms with Gasteiger partial charge in [0.1, 0.15) is 0 Å². The van der Waals surface area contributed by atoms with Crippen molar-refractivity contribution in [1.29, 1.82) is 0 Å². The summed E-state index contributed by atoms with van der Waals surface area (Å²) < 4.78 is 0. The van der Waals surface area contributed by atoms with Gasteiger partial charge in [0.2, 0.25) is 0 Å². The first-order valence-corrected chi connectivity index (χ1v) is 13.6. The summed E-state index contributed by atoms with van der Waals surface area (Å²) in [5.41, 5.74) is 0.668. The zero-order chi connectivity index (χ0) is 13.7. The van der Waals surface area contributed by atoms with E-state index in [0.717, 1.165) is 6.16 Å². The molecule has 1 saturated heterocycles. The number of benzene rings is 1. The molecule has 4 unspecified atom stereocenters. The predicted octanol–water partition coefficient (Wildman–Crippen LogP) is 5.86. The number of halogens is 2. The van der Waals surface area contributed by atoms with Gasteiger partial charge in [-0.25, -0.2) is 0 Å². The van der Waals surface area contributed by atoms with Gasteiger partial charge in [0.25, 0.3) is 0 Å². The molecule has 0 radical (unpaired) electrons. The van der Waals surface area contributed by atoms with Crippen LogP contribution < -0.4 is 5.30 Å². The molecule has 19 heavy (non-hydrogen) atoms. The molecule has 4 atom stereocenters. The first kappa shape index (κ1) is 16.5. The van der Waals surface area contributed by atoms with Crippen LogP contribution in [0.5, 0.6) is 0 Å². The molecule has 106 valence electrons. The monoisotopic (exact) mass is 352 g/mol. The van der Waals surface area contributed by atoms with Gasteiger partial charge in [-0.15, -0.1) is 0 Å². The molecule has 0 saturated carbocycles. The van der Waals surface area contributed by atoms with E-state index in [4.69, 9.17) is 22.5 Å². The fourth-order valence-electron chi connectivity index (χ4n) is 2.34. The Labute approximate surface area is 130 Å². The molecule has 1 aliphatic rings. The Morgan fingerprint density at radius 3 is 2.47 bits per heavy atom. The molecule has 0 amide bonds. The van der Waals surface area contributed by atoms with Gasteiger partial charge in [0, 0.05) is 0 Å². The normalized spacial score (nSPS) is 33.8. The van der Waals surface area contributed by atoms with Crippen LogP contribution in [-0.2, 0) is 0 Å². The van der Waals surface area contributed by atoms with Crippen molar-refractivity contribution in [3.05, 3.63) is 30.3 Å². The summed E-state index contributed by atoms with van der Waals surface area (Å²) in [4.78, 5) is 0. The van der Waals surface area contributed by atoms with Crippen molar-refractivity contribution in [2.75, 3.05) is 30.8 Å². The van der Waals surface area contributed by atoms with E-state index in [2.05, 4.69) is 37.3 Å². The smallest absolute Gasteiger partial charge is 0.00564 e. The van der Waals surface area contributed by atoms with Crippen molar-refractivity contribution in [2.24, 2.45) is 0 Å². The molecule has 1 aromatic carbocycles. The van der Waals surface area contributed by atoms with E-state index in [1.807, 2.05) is 0 Å². The van der Waals surface area contributed by atoms with Crippen LogP contribution in [0.25, 0.3) is 0 Å². The highest BCUT2D eigenvalue weighted by atomic mass is 35.7. The van der Waals surface area contributed by atoms with E-state index in [-0.39, 0.29) is 22.5 Å². The lowest BCUT2D eigenvalue weighted by molar-refractivity contribution is 1.06. The third-order valence-corrected chi connectivity index (χ3v) is 12.8. The van der Waals surface area contributed by atoms with Crippen LogP contribution in [0.2, 0.25) is 0 Å². The first-order valence-electron chi connectivity index (χ1n) is 6.80. The van der Waals surface area contributed by atoms with E-state index in [1.165, 1.54) is 31.1 Å². The maximum absolute atomic E-state index is 6.61. The summed E-state index contributed by atoms with van der Waals surface area (Å²) in [6.45, 7) is 2.34. The fraction of sp³-hybridized carbons (Fsp3) is 0.571. The van der Waals surface area contributed by atoms with Gasteiger partial charge in [-0.3, -0.25) is 0 Å². The molecule has 1 fully saturated rings. The second-order valence-electron chi connectivity index (χ2n) is 5.02. The Morgan fingerprint density at radius 1 is 1.00 bits per heavy atom. The van der Waals surface area contributed by atoms with Crippen molar-refractivity contribution in [3.8, 4) is 0 Å². The Balaban J connectivity index is 2.08. The average Bonchev–Trinajstić information content (AvgIpc) is 2.43. The quantitative estimate of drug-likeness (QED) is 0.555. The summed E-state index contributed by atoms with van der Waals surface area (Å²) in [7, 11) is -0.673. The van der Waals surface area contributed by atoms with Crippen LogP contribution in [0.3, 0.4) is 0 Å². The van der Waals surface area contributed by atoms with E-state index in [9.17, 15) is 0 Å². The van der Waals surface area contributed by atoms with Gasteiger partial charge >= 0.3 is 0 Å². The Hall–Kier alpha value is 1.09. The minimum absolute atomic E-state index is 0.0409. The minimum atomic E-state index is -0.349. The number of hydrogen-bond donors (Lipinski definition) is 0. The summed E-state index contributed by atoms with van der Waals surface area (Å²) in [6, 6.07) is 11.0. The summed E-state index contributed by atoms with van der Waals surface area (Å²) in [6.07, 6.45) is 7.47. The molecule has 1 aromatic rings. The lowest BCUT2D eigenvalue weighted by Crippen LogP contribution is -2.15. The van der Waals surface area contributed by atoms with E-state index >= 15 is 0 Å². The molecule has 0 bridgehead atoms. The van der Waals surface area contributed by atoms with Crippen LogP contribution in [0.1, 0.15) is 13.3 Å². The third kappa shape index (κ3) is 5.41. The highest BCUT2D eigenvalue weighted by Gasteiger charge is 2.23. The number of rotatable bonds is 1. The van der Waals surface area contributed by atoms with Crippen molar-refractivity contribution < 1.29 is 0 Å². The first-order chi connectivity index (χ1) is 9.16. The van der Waals surface area contributed by atoms with Crippen LogP contribution >= 0.6 is 45.0 Å². The Bertz CT molecular complexity index is 374. The summed E-state index contributed by atoms with van der Waals surface area (Å²) in [5.74, 6) is 0. The van der Waals surface area contributed by atoms with Gasteiger partial charge in [-0.1, -0.05) is 67.7 Å². The topological polar surface area (TPSA) is 0 Å². The van der Waals surface area contributed by atoms with Crippen molar-refractivity contribution in [1.82, 2.24) is 0 Å². The molecule has 1 aliphatic heterocycles. The maximum Gasteiger partial charge on any atom is -0.00564 e. The van der Waals surface area contributed by atoms with Gasteiger partial charge in [-0.05, 0) is 62.7 Å². The Morgan fingerprint density at radius 2 is 1.74 bits per heavy atom. The van der Waals surface area contributed by atoms with Crippen LogP contribution in [-0.4, -0.2) is 36.5 Å². The molecule has 0 nitrogen and oxygen atoms in total. The molecule has 0 spiro atoms. The van der Waals surface area contributed by atoms with E-state index in [1.54, 1.807) is 5.30 Å².